The highest BCUT2D eigenvalue weighted by molar-refractivity contribution is 5.86. The van der Waals surface area contributed by atoms with E-state index in [-0.39, 0.29) is 6.10 Å². The van der Waals surface area contributed by atoms with E-state index in [1.54, 1.807) is 13.8 Å². The molecule has 2 aromatic rings. The predicted molar refractivity (Wildman–Crippen MR) is 80.8 cm³/mol. The molecular weight excluding hydrogens is 266 g/mol. The first-order chi connectivity index (χ1) is 10.0. The lowest BCUT2D eigenvalue weighted by atomic mass is 10.1. The normalized spacial score (nSPS) is 12.5. The van der Waals surface area contributed by atoms with Gasteiger partial charge in [-0.25, -0.2) is 4.79 Å². The summed E-state index contributed by atoms with van der Waals surface area (Å²) in [6.45, 7) is 3.48. The maximum atomic E-state index is 9.81. The number of nitrogens with two attached hydrogens (primary N) is 1. The molecule has 3 rings (SSSR count). The Bertz CT molecular complexity index is 695. The minimum atomic E-state index is -0.713. The van der Waals surface area contributed by atoms with Gasteiger partial charge in [0.15, 0.2) is 0 Å². The second-order valence-corrected chi connectivity index (χ2v) is 5.29. The number of nitrogens with one attached hydrogen (secondary N) is 1. The summed E-state index contributed by atoms with van der Waals surface area (Å²) < 4.78 is 4.39. The van der Waals surface area contributed by atoms with Crippen molar-refractivity contribution < 1.29 is 9.53 Å². The molecule has 1 heterocycles. The van der Waals surface area contributed by atoms with Crippen molar-refractivity contribution >= 4 is 17.0 Å². The van der Waals surface area contributed by atoms with Gasteiger partial charge in [0.1, 0.15) is 0 Å². The lowest BCUT2D eigenvalue weighted by Crippen LogP contribution is -2.17. The Hall–Kier alpha value is -2.48. The number of primary amides is 1. The molecule has 1 aliphatic rings. The number of nitriles is 1. The first-order valence-corrected chi connectivity index (χ1v) is 7.01. The topological polar surface area (TPSA) is 91.9 Å². The van der Waals surface area contributed by atoms with E-state index in [2.05, 4.69) is 21.5 Å². The Balaban J connectivity index is 0.000000199. The number of H-pyrrole nitrogens is 1. The molecule has 3 N–H and O–H groups in total. The molecule has 0 spiro atoms. The molecule has 0 aliphatic heterocycles. The predicted octanol–water partition coefficient (Wildman–Crippen LogP) is 3.02. The van der Waals surface area contributed by atoms with Crippen LogP contribution in [0.4, 0.5) is 4.79 Å². The zero-order valence-electron chi connectivity index (χ0n) is 12.3. The fraction of sp³-hybridized carbons (Fsp3) is 0.375. The van der Waals surface area contributed by atoms with Crippen LogP contribution in [0.5, 0.6) is 0 Å². The minimum absolute atomic E-state index is 0.0995. The Morgan fingerprint density at radius 2 is 2.19 bits per heavy atom. The second kappa shape index (κ2) is 6.31. The van der Waals surface area contributed by atoms with Crippen LogP contribution in [0.25, 0.3) is 10.9 Å². The van der Waals surface area contributed by atoms with Gasteiger partial charge >= 0.3 is 6.09 Å². The van der Waals surface area contributed by atoms with Crippen molar-refractivity contribution in [3.63, 3.8) is 0 Å². The van der Waals surface area contributed by atoms with E-state index in [9.17, 15) is 4.79 Å². The Labute approximate surface area is 123 Å². The number of fused-ring (bicyclic) bond motifs is 3. The molecule has 0 bridgehead atoms. The number of amides is 1. The van der Waals surface area contributed by atoms with Crippen molar-refractivity contribution in [1.29, 1.82) is 5.26 Å². The molecule has 1 aromatic heterocycles. The molecule has 1 amide bonds. The molecule has 110 valence electrons. The van der Waals surface area contributed by atoms with Crippen LogP contribution in [0, 0.1) is 11.3 Å². The molecule has 1 aliphatic carbocycles. The SMILES string of the molecule is CC(C)OC(N)=O.N#Cc1ccc2[nH]c3c(c2c1)CCC3. The highest BCUT2D eigenvalue weighted by Crippen LogP contribution is 2.30. The van der Waals surface area contributed by atoms with Gasteiger partial charge in [-0.3, -0.25) is 0 Å². The van der Waals surface area contributed by atoms with Crippen LogP contribution in [0.2, 0.25) is 0 Å². The van der Waals surface area contributed by atoms with Crippen molar-refractivity contribution in [1.82, 2.24) is 4.98 Å². The maximum absolute atomic E-state index is 9.81. The maximum Gasteiger partial charge on any atom is 0.404 e. The summed E-state index contributed by atoms with van der Waals surface area (Å²) in [4.78, 5) is 13.2. The standard InChI is InChI=1S/C12H10N2.C4H9NO2/c13-7-8-4-5-12-10(6-8)9-2-1-3-11(9)14-12;1-3(2)7-4(5)6/h4-6,14H,1-3H2;3H,1-2H3,(H2,5,6). The van der Waals surface area contributed by atoms with Crippen LogP contribution in [0.15, 0.2) is 18.2 Å². The van der Waals surface area contributed by atoms with Gasteiger partial charge in [0.25, 0.3) is 0 Å². The Kier molecular flexibility index (Phi) is 4.49. The van der Waals surface area contributed by atoms with E-state index in [0.717, 1.165) is 18.4 Å². The van der Waals surface area contributed by atoms with Gasteiger partial charge in [-0.2, -0.15) is 5.26 Å². The average molecular weight is 285 g/mol. The van der Waals surface area contributed by atoms with Gasteiger partial charge in [0, 0.05) is 16.6 Å². The molecule has 0 radical (unpaired) electrons. The molecule has 0 saturated carbocycles. The van der Waals surface area contributed by atoms with Gasteiger partial charge in [-0.15, -0.1) is 0 Å². The number of hydrogen-bond donors (Lipinski definition) is 2. The van der Waals surface area contributed by atoms with E-state index in [1.807, 2.05) is 18.2 Å². The quantitative estimate of drug-likeness (QED) is 0.843. The summed E-state index contributed by atoms with van der Waals surface area (Å²) in [5, 5.41) is 10.1. The third-order valence-corrected chi connectivity index (χ3v) is 3.33. The van der Waals surface area contributed by atoms with Crippen LogP contribution in [0.1, 0.15) is 37.1 Å². The lowest BCUT2D eigenvalue weighted by molar-refractivity contribution is 0.125. The highest BCUT2D eigenvalue weighted by Gasteiger charge is 2.16. The first-order valence-electron chi connectivity index (χ1n) is 7.01. The number of carbonyl (C=O) groups is 1. The molecule has 0 fully saturated rings. The van der Waals surface area contributed by atoms with Crippen molar-refractivity contribution in [2.45, 2.75) is 39.2 Å². The summed E-state index contributed by atoms with van der Waals surface area (Å²) in [5.41, 5.74) is 9.36. The Morgan fingerprint density at radius 1 is 1.43 bits per heavy atom. The van der Waals surface area contributed by atoms with Gasteiger partial charge in [-0.05, 0) is 56.9 Å². The number of hydrogen-bond acceptors (Lipinski definition) is 3. The van der Waals surface area contributed by atoms with E-state index in [0.29, 0.717) is 0 Å². The third-order valence-electron chi connectivity index (χ3n) is 3.33. The number of aromatic nitrogens is 1. The summed E-state index contributed by atoms with van der Waals surface area (Å²) in [6, 6.07) is 8.06. The van der Waals surface area contributed by atoms with E-state index in [4.69, 9.17) is 5.26 Å². The number of aromatic amines is 1. The van der Waals surface area contributed by atoms with Crippen molar-refractivity contribution in [3.8, 4) is 6.07 Å². The molecule has 0 saturated heterocycles. The summed E-state index contributed by atoms with van der Waals surface area (Å²) >= 11 is 0. The van der Waals surface area contributed by atoms with Crippen LogP contribution >= 0.6 is 0 Å². The van der Waals surface area contributed by atoms with E-state index in [1.165, 1.54) is 28.6 Å². The van der Waals surface area contributed by atoms with Crippen LogP contribution in [-0.2, 0) is 17.6 Å². The van der Waals surface area contributed by atoms with Gasteiger partial charge in [0.2, 0.25) is 0 Å². The number of ether oxygens (including phenoxy) is 1. The van der Waals surface area contributed by atoms with Crippen molar-refractivity contribution in [2.75, 3.05) is 0 Å². The monoisotopic (exact) mass is 285 g/mol. The number of rotatable bonds is 1. The molecule has 0 atom stereocenters. The fourth-order valence-electron chi connectivity index (χ4n) is 2.55. The van der Waals surface area contributed by atoms with Crippen molar-refractivity contribution in [2.24, 2.45) is 5.73 Å². The number of nitrogens with zero attached hydrogens (tertiary/aromatic N) is 1. The van der Waals surface area contributed by atoms with Crippen LogP contribution in [-0.4, -0.2) is 17.2 Å². The summed E-state index contributed by atoms with van der Waals surface area (Å²) in [6.07, 6.45) is 2.75. The number of aryl methyl sites for hydroxylation is 2. The zero-order chi connectivity index (χ0) is 15.4. The molecular formula is C16H19N3O2. The van der Waals surface area contributed by atoms with Gasteiger partial charge < -0.3 is 15.5 Å². The molecule has 21 heavy (non-hydrogen) atoms. The second-order valence-electron chi connectivity index (χ2n) is 5.29. The van der Waals surface area contributed by atoms with Crippen LogP contribution in [0.3, 0.4) is 0 Å². The minimum Gasteiger partial charge on any atom is -0.447 e. The van der Waals surface area contributed by atoms with Gasteiger partial charge in [0.05, 0.1) is 17.7 Å². The average Bonchev–Trinajstić information content (AvgIpc) is 2.97. The van der Waals surface area contributed by atoms with E-state index < -0.39 is 6.09 Å². The van der Waals surface area contributed by atoms with E-state index >= 15 is 0 Å². The molecule has 5 nitrogen and oxygen atoms in total. The highest BCUT2D eigenvalue weighted by atomic mass is 16.6. The lowest BCUT2D eigenvalue weighted by Gasteiger charge is -2.01. The largest absolute Gasteiger partial charge is 0.447 e. The number of benzene rings is 1. The van der Waals surface area contributed by atoms with Crippen molar-refractivity contribution in [3.05, 3.63) is 35.0 Å². The summed E-state index contributed by atoms with van der Waals surface area (Å²) in [5.74, 6) is 0. The first kappa shape index (κ1) is 14.9. The Morgan fingerprint density at radius 3 is 2.76 bits per heavy atom. The summed E-state index contributed by atoms with van der Waals surface area (Å²) in [7, 11) is 0. The molecule has 1 aromatic carbocycles. The fourth-order valence-corrected chi connectivity index (χ4v) is 2.55. The van der Waals surface area contributed by atoms with Gasteiger partial charge in [-0.1, -0.05) is 0 Å². The zero-order valence-corrected chi connectivity index (χ0v) is 12.3. The smallest absolute Gasteiger partial charge is 0.404 e. The molecule has 0 unspecified atom stereocenters. The molecule has 5 heteroatoms. The number of carbonyl (C=O) groups excluding carboxylic acids is 1. The third kappa shape index (κ3) is 3.54. The van der Waals surface area contributed by atoms with Crippen LogP contribution < -0.4 is 5.73 Å².